The van der Waals surface area contributed by atoms with Gasteiger partial charge in [-0.2, -0.15) is 0 Å². The topological polar surface area (TPSA) is 101 Å². The molecule has 0 bridgehead atoms. The summed E-state index contributed by atoms with van der Waals surface area (Å²) in [5, 5.41) is 12.4. The van der Waals surface area contributed by atoms with Gasteiger partial charge in [0.25, 0.3) is 11.0 Å². The molecular formula is C31H55N5O4. The third-order valence-corrected chi connectivity index (χ3v) is 7.84. The molecule has 0 aliphatic carbocycles. The molecule has 228 valence electrons. The Morgan fingerprint density at radius 2 is 1.40 bits per heavy atom. The Labute approximate surface area is 242 Å². The monoisotopic (exact) mass is 561 g/mol. The molecule has 2 heterocycles. The molecule has 9 heteroatoms. The Balaban J connectivity index is 1.36. The Hall–Kier alpha value is -2.42. The van der Waals surface area contributed by atoms with Crippen molar-refractivity contribution in [1.29, 1.82) is 0 Å². The number of hydrogen-bond donors (Lipinski definition) is 1. The maximum Gasteiger partial charge on any atom is 0.294 e. The number of rotatable bonds is 24. The van der Waals surface area contributed by atoms with Crippen molar-refractivity contribution in [1.82, 2.24) is 15.2 Å². The molecule has 1 aromatic rings. The van der Waals surface area contributed by atoms with E-state index in [4.69, 9.17) is 0 Å². The number of amides is 1. The van der Waals surface area contributed by atoms with E-state index in [0.717, 1.165) is 64.2 Å². The average Bonchev–Trinajstić information content (AvgIpc) is 2.97. The van der Waals surface area contributed by atoms with Crippen molar-refractivity contribution in [2.45, 2.75) is 116 Å². The molecule has 1 N–H and O–H groups in total. The summed E-state index contributed by atoms with van der Waals surface area (Å²) >= 11 is 0. The maximum atomic E-state index is 12.5. The number of aromatic nitrogens is 1. The number of nitrogens with zero attached hydrogens (tertiary/aromatic N) is 4. The molecule has 1 aliphatic heterocycles. The lowest BCUT2D eigenvalue weighted by molar-refractivity contribution is -0.757. The normalized spacial score (nSPS) is 13.9. The van der Waals surface area contributed by atoms with Gasteiger partial charge < -0.3 is 15.1 Å². The van der Waals surface area contributed by atoms with E-state index in [-0.39, 0.29) is 12.5 Å². The number of hydrogen-bond acceptors (Lipinski definition) is 7. The summed E-state index contributed by atoms with van der Waals surface area (Å²) in [5.74, 6) is 0.949. The van der Waals surface area contributed by atoms with Crippen molar-refractivity contribution in [3.63, 3.8) is 0 Å². The number of piperazine rings is 1. The first-order valence-electron chi connectivity index (χ1n) is 16.1. The van der Waals surface area contributed by atoms with E-state index in [2.05, 4.69) is 31.9 Å². The summed E-state index contributed by atoms with van der Waals surface area (Å²) in [4.78, 5) is 36.3. The molecule has 0 saturated carbocycles. The fourth-order valence-electron chi connectivity index (χ4n) is 5.26. The number of pyridine rings is 1. The van der Waals surface area contributed by atoms with Crippen molar-refractivity contribution >= 4 is 11.7 Å². The van der Waals surface area contributed by atoms with Crippen LogP contribution in [-0.2, 0) is 4.84 Å². The van der Waals surface area contributed by atoms with E-state index in [1.54, 1.807) is 6.20 Å². The van der Waals surface area contributed by atoms with Gasteiger partial charge in [0.05, 0.1) is 12.2 Å². The minimum absolute atomic E-state index is 0.0225. The molecule has 0 atom stereocenters. The van der Waals surface area contributed by atoms with E-state index in [1.807, 2.05) is 12.1 Å². The fraction of sp³-hybridized carbons (Fsp3) is 0.806. The smallest absolute Gasteiger partial charge is 0.294 e. The highest BCUT2D eigenvalue weighted by Gasteiger charge is 2.17. The van der Waals surface area contributed by atoms with Gasteiger partial charge in [-0.3, -0.25) is 9.69 Å². The molecule has 1 aromatic heterocycles. The Kier molecular flexibility index (Phi) is 18.8. The molecular weight excluding hydrogens is 506 g/mol. The summed E-state index contributed by atoms with van der Waals surface area (Å²) < 4.78 is 0. The van der Waals surface area contributed by atoms with Gasteiger partial charge in [-0.25, -0.2) is 4.98 Å². The highest BCUT2D eigenvalue weighted by atomic mass is 16.9. The lowest BCUT2D eigenvalue weighted by Crippen LogP contribution is -2.46. The van der Waals surface area contributed by atoms with Gasteiger partial charge in [0.1, 0.15) is 5.82 Å². The lowest BCUT2D eigenvalue weighted by Gasteiger charge is -2.35. The van der Waals surface area contributed by atoms with Crippen LogP contribution >= 0.6 is 0 Å². The molecule has 0 aromatic carbocycles. The van der Waals surface area contributed by atoms with Crippen LogP contribution in [0.4, 0.5) is 5.82 Å². The minimum Gasteiger partial charge on any atom is -0.354 e. The number of nitrogens with one attached hydrogen (secondary N) is 1. The number of carbonyl (C=O) groups excluding carboxylic acids is 1. The highest BCUT2D eigenvalue weighted by molar-refractivity contribution is 5.94. The van der Waals surface area contributed by atoms with Gasteiger partial charge in [-0.15, -0.1) is 10.1 Å². The molecule has 2 rings (SSSR count). The molecule has 1 amide bonds. The number of anilines is 1. The summed E-state index contributed by atoms with van der Waals surface area (Å²) in [5.41, 5.74) is 0.644. The first kappa shape index (κ1) is 33.8. The lowest BCUT2D eigenvalue weighted by atomic mass is 10.0. The minimum atomic E-state index is -0.710. The van der Waals surface area contributed by atoms with Gasteiger partial charge in [0, 0.05) is 38.9 Å². The SMILES string of the molecule is CCCCN1CCN(c2ccc(C(=O)NCCCCCCCCCCCCCCCCCO[N+](=O)[O-])cn2)CC1. The van der Waals surface area contributed by atoms with Crippen LogP contribution in [0.15, 0.2) is 18.3 Å². The zero-order chi connectivity index (χ0) is 28.7. The number of carbonyl (C=O) groups is 1. The van der Waals surface area contributed by atoms with Crippen LogP contribution in [0.5, 0.6) is 0 Å². The first-order chi connectivity index (χ1) is 19.6. The van der Waals surface area contributed by atoms with Crippen molar-refractivity contribution < 1.29 is 14.7 Å². The maximum absolute atomic E-state index is 12.5. The number of unbranched alkanes of at least 4 members (excludes halogenated alkanes) is 15. The van der Waals surface area contributed by atoms with E-state index in [9.17, 15) is 14.9 Å². The Morgan fingerprint density at radius 1 is 0.850 bits per heavy atom. The quantitative estimate of drug-likeness (QED) is 0.0842. The van der Waals surface area contributed by atoms with Gasteiger partial charge in [0.2, 0.25) is 0 Å². The summed E-state index contributed by atoms with van der Waals surface area (Å²) in [6, 6.07) is 3.89. The summed E-state index contributed by atoms with van der Waals surface area (Å²) in [7, 11) is 0. The summed E-state index contributed by atoms with van der Waals surface area (Å²) in [6.07, 6.45) is 22.3. The zero-order valence-corrected chi connectivity index (χ0v) is 25.1. The molecule has 0 radical (unpaired) electrons. The molecule has 1 fully saturated rings. The third kappa shape index (κ3) is 16.0. The van der Waals surface area contributed by atoms with Crippen LogP contribution in [-0.4, -0.2) is 66.8 Å². The average molecular weight is 562 g/mol. The Morgan fingerprint density at radius 3 is 1.90 bits per heavy atom. The van der Waals surface area contributed by atoms with Crippen LogP contribution in [0.1, 0.15) is 126 Å². The van der Waals surface area contributed by atoms with E-state index < -0.39 is 5.09 Å². The van der Waals surface area contributed by atoms with Crippen molar-refractivity contribution in [2.75, 3.05) is 50.8 Å². The van der Waals surface area contributed by atoms with Gasteiger partial charge in [-0.1, -0.05) is 96.8 Å². The molecule has 0 spiro atoms. The van der Waals surface area contributed by atoms with Crippen LogP contribution in [0, 0.1) is 10.1 Å². The fourth-order valence-corrected chi connectivity index (χ4v) is 5.26. The second kappa shape index (κ2) is 22.3. The van der Waals surface area contributed by atoms with E-state index in [1.165, 1.54) is 90.0 Å². The second-order valence-corrected chi connectivity index (χ2v) is 11.2. The van der Waals surface area contributed by atoms with Crippen LogP contribution in [0.25, 0.3) is 0 Å². The van der Waals surface area contributed by atoms with Crippen molar-refractivity contribution in [3.8, 4) is 0 Å². The Bertz CT molecular complexity index is 784. The van der Waals surface area contributed by atoms with Crippen molar-refractivity contribution in [2.24, 2.45) is 0 Å². The van der Waals surface area contributed by atoms with Crippen LogP contribution in [0.3, 0.4) is 0 Å². The second-order valence-electron chi connectivity index (χ2n) is 11.2. The predicted molar refractivity (Wildman–Crippen MR) is 162 cm³/mol. The zero-order valence-electron chi connectivity index (χ0n) is 25.1. The highest BCUT2D eigenvalue weighted by Crippen LogP contribution is 2.15. The van der Waals surface area contributed by atoms with Gasteiger partial charge in [0.15, 0.2) is 0 Å². The van der Waals surface area contributed by atoms with E-state index >= 15 is 0 Å². The van der Waals surface area contributed by atoms with Crippen LogP contribution < -0.4 is 10.2 Å². The first-order valence-corrected chi connectivity index (χ1v) is 16.1. The molecule has 0 unspecified atom stereocenters. The van der Waals surface area contributed by atoms with E-state index in [0.29, 0.717) is 5.56 Å². The van der Waals surface area contributed by atoms with Crippen LogP contribution in [0.2, 0.25) is 0 Å². The predicted octanol–water partition coefficient (Wildman–Crippen LogP) is 6.79. The van der Waals surface area contributed by atoms with Crippen molar-refractivity contribution in [3.05, 3.63) is 34.0 Å². The third-order valence-electron chi connectivity index (χ3n) is 7.84. The van der Waals surface area contributed by atoms with Gasteiger partial charge in [-0.05, 0) is 37.9 Å². The molecule has 40 heavy (non-hydrogen) atoms. The molecule has 9 nitrogen and oxygen atoms in total. The van der Waals surface area contributed by atoms with Gasteiger partial charge >= 0.3 is 0 Å². The standard InChI is InChI=1S/C31H55N5O4/c1-2-3-22-34-23-25-35(26-24-34)30-20-19-29(28-33-30)31(37)32-21-17-15-13-11-9-7-5-4-6-8-10-12-14-16-18-27-40-36(38)39/h19-20,28H,2-18,21-27H2,1H3,(H,32,37). The largest absolute Gasteiger partial charge is 0.354 e. The molecule has 1 aliphatic rings. The summed E-state index contributed by atoms with van der Waals surface area (Å²) in [6.45, 7) is 8.56. The molecule has 1 saturated heterocycles.